The first-order valence-electron chi connectivity index (χ1n) is 19.6. The van der Waals surface area contributed by atoms with Gasteiger partial charge in [0.25, 0.3) is 0 Å². The molecule has 0 unspecified atom stereocenters. The van der Waals surface area contributed by atoms with Gasteiger partial charge >= 0.3 is 0 Å². The van der Waals surface area contributed by atoms with Crippen LogP contribution in [0.3, 0.4) is 0 Å². The van der Waals surface area contributed by atoms with Crippen LogP contribution < -0.4 is 20.7 Å². The van der Waals surface area contributed by atoms with Crippen LogP contribution in [0.1, 0.15) is 9.68 Å². The molecule has 0 fully saturated rings. The number of fused-ring (bicyclic) bond motifs is 4. The SMILES string of the molecule is [2H]C([2H])([2H])c1ccnc(-n2c3[c-]c([Si](c4[c-]c(-n5[cH+]n(-c6ccccc6)c6ccccc65)ccc4)(c4ccccc4)c4ccccc4)ccc3c3ccccc32)c1.[Pt]. The summed E-state index contributed by atoms with van der Waals surface area (Å²) in [5.41, 5.74) is 6.20. The monoisotopic (exact) mass is 905 g/mol. The number of nitrogens with zero attached hydrogens (tertiary/aromatic N) is 4. The Morgan fingerprint density at radius 1 is 0.564 bits per heavy atom. The summed E-state index contributed by atoms with van der Waals surface area (Å²) >= 11 is 0. The first-order valence-corrected chi connectivity index (χ1v) is 20.1. The molecular formula is C49H35N4PtSi-. The molecular weight excluding hydrogens is 868 g/mol. The van der Waals surface area contributed by atoms with Crippen LogP contribution >= 0.6 is 0 Å². The molecule has 55 heavy (non-hydrogen) atoms. The minimum absolute atomic E-state index is 0. The summed E-state index contributed by atoms with van der Waals surface area (Å²) in [7, 11) is -3.17. The Labute approximate surface area is 340 Å². The molecule has 0 aliphatic heterocycles. The van der Waals surface area contributed by atoms with Crippen molar-refractivity contribution in [3.05, 3.63) is 212 Å². The zero-order chi connectivity index (χ0) is 38.6. The largest absolute Gasteiger partial charge is 0.319 e. The molecule has 0 N–H and O–H groups in total. The quantitative estimate of drug-likeness (QED) is 0.0897. The topological polar surface area (TPSA) is 27.7 Å². The van der Waals surface area contributed by atoms with E-state index in [0.29, 0.717) is 5.82 Å². The van der Waals surface area contributed by atoms with E-state index in [4.69, 9.17) is 9.10 Å². The molecule has 0 radical (unpaired) electrons. The maximum Gasteiger partial charge on any atom is 0.168 e. The molecule has 6 heteroatoms. The van der Waals surface area contributed by atoms with Crippen molar-refractivity contribution < 1.29 is 25.2 Å². The first-order chi connectivity index (χ1) is 27.9. The fraction of sp³-hybridized carbons (Fsp3) is 0.0204. The zero-order valence-corrected chi connectivity index (χ0v) is 32.9. The number of imidazole rings is 1. The first kappa shape index (κ1) is 31.2. The molecule has 0 saturated carbocycles. The van der Waals surface area contributed by atoms with E-state index in [-0.39, 0.29) is 26.6 Å². The van der Waals surface area contributed by atoms with Gasteiger partial charge in [-0.3, -0.25) is 0 Å². The van der Waals surface area contributed by atoms with Crippen molar-refractivity contribution in [2.45, 2.75) is 6.85 Å². The molecule has 3 aromatic heterocycles. The van der Waals surface area contributed by atoms with Crippen molar-refractivity contribution in [1.29, 1.82) is 0 Å². The standard InChI is InChI=1S/C49H35N4Si.Pt/c1-36-30-31-50-49(32-36)53-45-25-12-11-24-43(45)44-29-28-42(34-48(44)53)54(39-19-7-3-8-20-39,40-21-9-4-10-22-40)41-23-15-18-38(33-41)52-35-51(37-16-5-2-6-17-37)46-26-13-14-27-47(46)52;/h2-32,35H,1H3;/q-1;/i1D3;. The Hall–Kier alpha value is -6.13. The van der Waals surface area contributed by atoms with Crippen LogP contribution in [0, 0.1) is 19.0 Å². The molecule has 0 amide bonds. The van der Waals surface area contributed by atoms with E-state index >= 15 is 0 Å². The van der Waals surface area contributed by atoms with E-state index in [1.54, 1.807) is 18.3 Å². The van der Waals surface area contributed by atoms with Crippen LogP contribution in [-0.4, -0.2) is 26.8 Å². The van der Waals surface area contributed by atoms with Gasteiger partial charge in [0.05, 0.1) is 0 Å². The Kier molecular flexibility index (Phi) is 8.10. The number of aryl methyl sites for hydroxylation is 1. The van der Waals surface area contributed by atoms with Gasteiger partial charge in [0.1, 0.15) is 19.6 Å². The predicted molar refractivity (Wildman–Crippen MR) is 225 cm³/mol. The van der Waals surface area contributed by atoms with Gasteiger partial charge in [-0.15, -0.1) is 17.5 Å². The third-order valence-electron chi connectivity index (χ3n) is 10.5. The third-order valence-corrected chi connectivity index (χ3v) is 15.1. The molecule has 0 atom stereocenters. The summed E-state index contributed by atoms with van der Waals surface area (Å²) in [5, 5.41) is 6.59. The molecule has 0 aliphatic carbocycles. The Morgan fingerprint density at radius 2 is 1.18 bits per heavy atom. The van der Waals surface area contributed by atoms with Crippen LogP contribution in [0.4, 0.5) is 0 Å². The smallest absolute Gasteiger partial charge is 0.168 e. The normalized spacial score (nSPS) is 12.6. The van der Waals surface area contributed by atoms with Gasteiger partial charge in [-0.25, -0.2) is 9.55 Å². The summed E-state index contributed by atoms with van der Waals surface area (Å²) < 4.78 is 31.1. The molecule has 0 saturated heterocycles. The third kappa shape index (κ3) is 5.70. The van der Waals surface area contributed by atoms with E-state index in [1.165, 1.54) is 10.4 Å². The predicted octanol–water partition coefficient (Wildman–Crippen LogP) is 8.48. The van der Waals surface area contributed by atoms with Gasteiger partial charge in [-0.05, 0) is 58.5 Å². The fourth-order valence-electron chi connectivity index (χ4n) is 8.11. The average molecular weight is 906 g/mol. The van der Waals surface area contributed by atoms with E-state index in [1.807, 2.05) is 18.2 Å². The van der Waals surface area contributed by atoms with Gasteiger partial charge in [-0.1, -0.05) is 115 Å². The van der Waals surface area contributed by atoms with Crippen molar-refractivity contribution in [1.82, 2.24) is 18.7 Å². The van der Waals surface area contributed by atoms with Crippen molar-refractivity contribution in [2.24, 2.45) is 0 Å². The minimum Gasteiger partial charge on any atom is -0.319 e. The summed E-state index contributed by atoms with van der Waals surface area (Å²) in [4.78, 5) is 4.75. The van der Waals surface area contributed by atoms with Crippen LogP contribution in [-0.2, 0) is 21.1 Å². The Balaban J connectivity index is 0.00000436. The van der Waals surface area contributed by atoms with Crippen molar-refractivity contribution in [3.8, 4) is 17.2 Å². The van der Waals surface area contributed by atoms with Crippen LogP contribution in [0.25, 0.3) is 50.0 Å². The molecule has 0 bridgehead atoms. The van der Waals surface area contributed by atoms with Gasteiger partial charge in [0.2, 0.25) is 0 Å². The fourth-order valence-corrected chi connectivity index (χ4v) is 12.7. The molecule has 0 spiro atoms. The number of rotatable bonds is 7. The van der Waals surface area contributed by atoms with E-state index < -0.39 is 14.9 Å². The van der Waals surface area contributed by atoms with Crippen LogP contribution in [0.15, 0.2) is 195 Å². The average Bonchev–Trinajstić information content (AvgIpc) is 3.81. The van der Waals surface area contributed by atoms with Gasteiger partial charge in [-0.2, -0.15) is 45.3 Å². The second-order valence-electron chi connectivity index (χ2n) is 13.5. The molecule has 10 aromatic rings. The molecule has 3 heterocycles. The van der Waals surface area contributed by atoms with Crippen molar-refractivity contribution in [2.75, 3.05) is 0 Å². The molecule has 7 aromatic carbocycles. The van der Waals surface area contributed by atoms with E-state index in [9.17, 15) is 0 Å². The minimum atomic E-state index is -3.17. The summed E-state index contributed by atoms with van der Waals surface area (Å²) in [6.45, 7) is -2.28. The Bertz CT molecular complexity index is 3030. The second-order valence-corrected chi connectivity index (χ2v) is 17.2. The number of aromatic nitrogens is 4. The summed E-state index contributed by atoms with van der Waals surface area (Å²) in [5.74, 6) is 0.537. The summed E-state index contributed by atoms with van der Waals surface area (Å²) in [6.07, 6.45) is 3.74. The molecule has 266 valence electrons. The maximum absolute atomic E-state index is 8.18. The second kappa shape index (κ2) is 14.3. The molecule has 4 nitrogen and oxygen atoms in total. The zero-order valence-electron chi connectivity index (χ0n) is 32.6. The van der Waals surface area contributed by atoms with Crippen molar-refractivity contribution >= 4 is 61.7 Å². The summed E-state index contributed by atoms with van der Waals surface area (Å²) in [6, 6.07) is 70.9. The Morgan fingerprint density at radius 3 is 1.89 bits per heavy atom. The number of hydrogen-bond donors (Lipinski definition) is 0. The van der Waals surface area contributed by atoms with E-state index in [0.717, 1.165) is 54.6 Å². The number of hydrogen-bond acceptors (Lipinski definition) is 1. The maximum atomic E-state index is 8.18. The number of pyridine rings is 1. The van der Waals surface area contributed by atoms with Gasteiger partial charge < -0.3 is 4.57 Å². The number of benzene rings is 7. The van der Waals surface area contributed by atoms with E-state index in [2.05, 4.69) is 184 Å². The van der Waals surface area contributed by atoms with Crippen LogP contribution in [0.2, 0.25) is 0 Å². The number of para-hydroxylation sites is 4. The molecule has 0 aliphatic rings. The van der Waals surface area contributed by atoms with Gasteiger partial charge in [0, 0.05) is 54.7 Å². The van der Waals surface area contributed by atoms with Crippen molar-refractivity contribution in [3.63, 3.8) is 0 Å². The molecule has 10 rings (SSSR count). The van der Waals surface area contributed by atoms with Crippen LogP contribution in [0.5, 0.6) is 0 Å². The van der Waals surface area contributed by atoms with Gasteiger partial charge in [0.15, 0.2) is 17.4 Å².